The Balaban J connectivity index is 4.41. The smallest absolute Gasteiger partial charge is 0.306 e. The van der Waals surface area contributed by atoms with Crippen LogP contribution in [-0.4, -0.2) is 37.2 Å². The fraction of sp³-hybridized carbons (Fsp3) is 0.726. The van der Waals surface area contributed by atoms with Crippen LogP contribution in [0.25, 0.3) is 0 Å². The van der Waals surface area contributed by atoms with Crippen LogP contribution in [-0.2, 0) is 28.6 Å². The number of rotatable bonds is 51. The van der Waals surface area contributed by atoms with Gasteiger partial charge in [-0.25, -0.2) is 0 Å². The second-order valence-corrected chi connectivity index (χ2v) is 18.9. The number of esters is 3. The van der Waals surface area contributed by atoms with Crippen LogP contribution < -0.4 is 0 Å². The Morgan fingerprint density at radius 3 is 0.985 bits per heavy atom. The van der Waals surface area contributed by atoms with Gasteiger partial charge < -0.3 is 14.2 Å². The van der Waals surface area contributed by atoms with Gasteiger partial charge in [0.1, 0.15) is 13.2 Å². The lowest BCUT2D eigenvalue weighted by Crippen LogP contribution is -2.30. The molecule has 0 fully saturated rings. The van der Waals surface area contributed by atoms with Crippen molar-refractivity contribution in [3.8, 4) is 0 Å². The number of carbonyl (C=O) groups excluding carboxylic acids is 3. The molecule has 0 amide bonds. The van der Waals surface area contributed by atoms with Gasteiger partial charge in [-0.05, 0) is 103 Å². The van der Waals surface area contributed by atoms with E-state index in [9.17, 15) is 14.4 Å². The second kappa shape index (κ2) is 56.2. The third-order valence-electron chi connectivity index (χ3n) is 12.2. The van der Waals surface area contributed by atoms with Crippen LogP contribution in [0, 0.1) is 0 Å². The van der Waals surface area contributed by atoms with E-state index in [-0.39, 0.29) is 31.1 Å². The predicted molar refractivity (Wildman–Crippen MR) is 293 cm³/mol. The molecule has 0 aromatic rings. The summed E-state index contributed by atoms with van der Waals surface area (Å²) in [5.74, 6) is -0.910. The zero-order valence-corrected chi connectivity index (χ0v) is 44.6. The van der Waals surface area contributed by atoms with E-state index >= 15 is 0 Å². The third-order valence-corrected chi connectivity index (χ3v) is 12.2. The van der Waals surface area contributed by atoms with Gasteiger partial charge in [-0.15, -0.1) is 0 Å². The Hall–Kier alpha value is -3.41. The number of allylic oxidation sites excluding steroid dienone is 14. The first-order valence-electron chi connectivity index (χ1n) is 28.6. The molecule has 0 heterocycles. The fourth-order valence-corrected chi connectivity index (χ4v) is 7.85. The number of unbranched alkanes of at least 4 members (excludes halogenated alkanes) is 28. The van der Waals surface area contributed by atoms with Gasteiger partial charge >= 0.3 is 17.9 Å². The SMILES string of the molecule is CC/C=C\C/C=C\C/C=C\CCCCCCCCC(=O)OC(COC(=O)CCCCCCCC/C=C\C=C/CCCCC)COC(=O)CCCCCCCCCCCC/C=C\C=C/CCCCC. The Kier molecular flexibility index (Phi) is 53.4. The average Bonchev–Trinajstić information content (AvgIpc) is 3.34. The van der Waals surface area contributed by atoms with Crippen LogP contribution in [0.3, 0.4) is 0 Å². The molecule has 0 aromatic heterocycles. The summed E-state index contributed by atoms with van der Waals surface area (Å²) in [5, 5.41) is 0. The van der Waals surface area contributed by atoms with Crippen molar-refractivity contribution in [2.75, 3.05) is 13.2 Å². The Morgan fingerprint density at radius 2 is 0.618 bits per heavy atom. The van der Waals surface area contributed by atoms with E-state index in [2.05, 4.69) is 106 Å². The van der Waals surface area contributed by atoms with Crippen molar-refractivity contribution < 1.29 is 28.6 Å². The van der Waals surface area contributed by atoms with E-state index in [0.717, 1.165) is 96.3 Å². The summed E-state index contributed by atoms with van der Waals surface area (Å²) < 4.78 is 16.9. The zero-order valence-electron chi connectivity index (χ0n) is 44.6. The molecule has 0 saturated carbocycles. The highest BCUT2D eigenvalue weighted by Gasteiger charge is 2.19. The predicted octanol–water partition coefficient (Wildman–Crippen LogP) is 19.2. The molecule has 0 aromatic carbocycles. The molecule has 0 spiro atoms. The molecule has 0 bridgehead atoms. The van der Waals surface area contributed by atoms with Gasteiger partial charge in [0.15, 0.2) is 6.10 Å². The second-order valence-electron chi connectivity index (χ2n) is 18.9. The first-order valence-corrected chi connectivity index (χ1v) is 28.6. The van der Waals surface area contributed by atoms with E-state index in [0.29, 0.717) is 19.3 Å². The third kappa shape index (κ3) is 53.5. The van der Waals surface area contributed by atoms with Crippen molar-refractivity contribution in [3.63, 3.8) is 0 Å². The van der Waals surface area contributed by atoms with Crippen molar-refractivity contribution in [1.29, 1.82) is 0 Å². The summed E-state index contributed by atoms with van der Waals surface area (Å²) in [6.45, 7) is 6.46. The number of hydrogen-bond donors (Lipinski definition) is 0. The van der Waals surface area contributed by atoms with E-state index in [4.69, 9.17) is 14.2 Å². The maximum atomic E-state index is 12.9. The maximum absolute atomic E-state index is 12.9. The van der Waals surface area contributed by atoms with Gasteiger partial charge in [0.2, 0.25) is 0 Å². The first kappa shape index (κ1) is 64.6. The molecule has 6 heteroatoms. The molecule has 1 unspecified atom stereocenters. The first-order chi connectivity index (χ1) is 33.5. The molecule has 0 saturated heterocycles. The van der Waals surface area contributed by atoms with Crippen LogP contribution in [0.15, 0.2) is 85.1 Å². The Morgan fingerprint density at radius 1 is 0.324 bits per heavy atom. The summed E-state index contributed by atoms with van der Waals surface area (Å²) in [6.07, 6.45) is 72.8. The Bertz CT molecular complexity index is 1320. The highest BCUT2D eigenvalue weighted by molar-refractivity contribution is 5.71. The number of hydrogen-bond acceptors (Lipinski definition) is 6. The van der Waals surface area contributed by atoms with Gasteiger partial charge in [0.25, 0.3) is 0 Å². The van der Waals surface area contributed by atoms with Gasteiger partial charge in [-0.3, -0.25) is 14.4 Å². The summed E-state index contributed by atoms with van der Waals surface area (Å²) in [7, 11) is 0. The highest BCUT2D eigenvalue weighted by Crippen LogP contribution is 2.15. The largest absolute Gasteiger partial charge is 0.462 e. The lowest BCUT2D eigenvalue weighted by molar-refractivity contribution is -0.167. The molecule has 68 heavy (non-hydrogen) atoms. The number of ether oxygens (including phenoxy) is 3. The van der Waals surface area contributed by atoms with E-state index in [1.54, 1.807) is 0 Å². The zero-order chi connectivity index (χ0) is 49.3. The van der Waals surface area contributed by atoms with Crippen LogP contribution in [0.1, 0.15) is 271 Å². The van der Waals surface area contributed by atoms with Gasteiger partial charge in [0, 0.05) is 19.3 Å². The van der Waals surface area contributed by atoms with E-state index in [1.807, 2.05) is 0 Å². The van der Waals surface area contributed by atoms with Crippen molar-refractivity contribution in [2.45, 2.75) is 277 Å². The van der Waals surface area contributed by atoms with E-state index < -0.39 is 6.10 Å². The molecule has 390 valence electrons. The summed E-state index contributed by atoms with van der Waals surface area (Å²) in [5.41, 5.74) is 0. The summed E-state index contributed by atoms with van der Waals surface area (Å²) in [4.78, 5) is 38.2. The maximum Gasteiger partial charge on any atom is 0.306 e. The molecule has 0 radical (unpaired) electrons. The molecule has 6 nitrogen and oxygen atoms in total. The van der Waals surface area contributed by atoms with Crippen molar-refractivity contribution in [1.82, 2.24) is 0 Å². The highest BCUT2D eigenvalue weighted by atomic mass is 16.6. The molecule has 0 rings (SSSR count). The van der Waals surface area contributed by atoms with Gasteiger partial charge in [-0.1, -0.05) is 234 Å². The molecular formula is C62H106O6. The lowest BCUT2D eigenvalue weighted by atomic mass is 10.1. The van der Waals surface area contributed by atoms with Crippen molar-refractivity contribution >= 4 is 17.9 Å². The fourth-order valence-electron chi connectivity index (χ4n) is 7.85. The lowest BCUT2D eigenvalue weighted by Gasteiger charge is -2.18. The topological polar surface area (TPSA) is 78.9 Å². The molecule has 0 aliphatic rings. The molecule has 0 aliphatic heterocycles. The quantitative estimate of drug-likeness (QED) is 0.0199. The van der Waals surface area contributed by atoms with Crippen molar-refractivity contribution in [3.05, 3.63) is 85.1 Å². The van der Waals surface area contributed by atoms with Gasteiger partial charge in [-0.2, -0.15) is 0 Å². The monoisotopic (exact) mass is 947 g/mol. The normalized spacial score (nSPS) is 12.7. The molecular weight excluding hydrogens is 841 g/mol. The average molecular weight is 948 g/mol. The van der Waals surface area contributed by atoms with Crippen LogP contribution in [0.2, 0.25) is 0 Å². The molecule has 1 atom stereocenters. The minimum atomic E-state index is -0.791. The van der Waals surface area contributed by atoms with Crippen LogP contribution in [0.5, 0.6) is 0 Å². The summed E-state index contributed by atoms with van der Waals surface area (Å²) >= 11 is 0. The van der Waals surface area contributed by atoms with Crippen molar-refractivity contribution in [2.24, 2.45) is 0 Å². The van der Waals surface area contributed by atoms with Gasteiger partial charge in [0.05, 0.1) is 0 Å². The summed E-state index contributed by atoms with van der Waals surface area (Å²) in [6, 6.07) is 0. The minimum Gasteiger partial charge on any atom is -0.462 e. The van der Waals surface area contributed by atoms with Crippen LogP contribution in [0.4, 0.5) is 0 Å². The molecule has 0 aliphatic carbocycles. The van der Waals surface area contributed by atoms with E-state index in [1.165, 1.54) is 135 Å². The minimum absolute atomic E-state index is 0.0875. The van der Waals surface area contributed by atoms with Crippen LogP contribution >= 0.6 is 0 Å². The Labute approximate surface area is 420 Å². The standard InChI is InChI=1S/C62H106O6/c1-4-7-10-13-16-19-22-25-28-30-31-32-35-37-40-43-46-49-52-55-61(64)67-58-59(57-66-60(63)54-51-48-45-42-39-36-33-27-24-21-18-15-12-9-6-3)68-62(65)56-53-50-47-44-41-38-34-29-26-23-20-17-14-11-8-5-2/h8,11,16-22,24-27,29,59H,4-7,9-10,12-15,23,28,30-58H2,1-3H3/b11-8-,19-16-,20-17-,21-18-,25-22-,27-24-,29-26-. The molecule has 0 N–H and O–H groups in total. The number of carbonyl (C=O) groups is 3.